The van der Waals surface area contributed by atoms with Crippen LogP contribution in [0.25, 0.3) is 16.5 Å². The van der Waals surface area contributed by atoms with Crippen molar-refractivity contribution in [2.24, 2.45) is 5.92 Å². The molecule has 0 aliphatic heterocycles. The highest BCUT2D eigenvalue weighted by molar-refractivity contribution is 6.30. The fourth-order valence-electron chi connectivity index (χ4n) is 5.22. The molecule has 0 atom stereocenters. The summed E-state index contributed by atoms with van der Waals surface area (Å²) >= 11 is 6.09. The first-order valence-corrected chi connectivity index (χ1v) is 12.1. The summed E-state index contributed by atoms with van der Waals surface area (Å²) in [5, 5.41) is 13.4. The van der Waals surface area contributed by atoms with E-state index in [1.165, 1.54) is 48.8 Å². The van der Waals surface area contributed by atoms with Gasteiger partial charge in [0.15, 0.2) is 0 Å². The summed E-state index contributed by atoms with van der Waals surface area (Å²) in [6, 6.07) is 12.4. The molecule has 2 nitrogen and oxygen atoms in total. The summed E-state index contributed by atoms with van der Waals surface area (Å²) in [7, 11) is 0. The first-order chi connectivity index (χ1) is 15.2. The van der Waals surface area contributed by atoms with Crippen molar-refractivity contribution in [1.82, 2.24) is 4.98 Å². The molecule has 1 saturated carbocycles. The molecule has 2 aliphatic carbocycles. The Morgan fingerprint density at radius 2 is 1.84 bits per heavy atom. The number of hydrogen-bond donors (Lipinski definition) is 1. The van der Waals surface area contributed by atoms with Gasteiger partial charge in [-0.3, -0.25) is 0 Å². The van der Waals surface area contributed by atoms with Crippen LogP contribution in [-0.2, 0) is 19.3 Å². The number of fused-ring (bicyclic) bond motifs is 3. The third-order valence-electron chi connectivity index (χ3n) is 7.07. The second-order valence-electron chi connectivity index (χ2n) is 9.09. The Hall–Kier alpha value is -2.32. The third kappa shape index (κ3) is 3.87. The molecule has 0 unspecified atom stereocenters. The first kappa shape index (κ1) is 20.6. The smallest absolute Gasteiger partial charge is 0.145 e. The number of aromatic nitrogens is 1. The van der Waals surface area contributed by atoms with Crippen LogP contribution >= 0.6 is 11.6 Å². The van der Waals surface area contributed by atoms with Crippen LogP contribution in [0.15, 0.2) is 42.5 Å². The number of aromatic hydroxyl groups is 1. The third-order valence-corrected chi connectivity index (χ3v) is 7.32. The van der Waals surface area contributed by atoms with Crippen molar-refractivity contribution in [3.8, 4) is 5.75 Å². The number of hydrogen-bond acceptors (Lipinski definition) is 2. The Balaban J connectivity index is 1.73. The molecule has 0 spiro atoms. The fourth-order valence-corrected chi connectivity index (χ4v) is 5.35. The maximum atomic E-state index is 11.5. The second kappa shape index (κ2) is 8.67. The maximum Gasteiger partial charge on any atom is 0.145 e. The van der Waals surface area contributed by atoms with Gasteiger partial charge in [0.2, 0.25) is 0 Å². The SMILES string of the molecule is CC/C=C(/c1c(O)c(Cc2ccc(Cl)cc2)nc2c3c(ccc12)CCCC3)C1CCC1. The van der Waals surface area contributed by atoms with Gasteiger partial charge < -0.3 is 5.11 Å². The van der Waals surface area contributed by atoms with E-state index < -0.39 is 0 Å². The van der Waals surface area contributed by atoms with E-state index in [9.17, 15) is 5.11 Å². The molecule has 1 aromatic heterocycles. The number of allylic oxidation sites excluding steroid dienone is 2. The van der Waals surface area contributed by atoms with Crippen LogP contribution in [0.1, 0.15) is 73.4 Å². The van der Waals surface area contributed by atoms with Gasteiger partial charge in [0.05, 0.1) is 11.2 Å². The summed E-state index contributed by atoms with van der Waals surface area (Å²) in [5.41, 5.74) is 8.20. The van der Waals surface area contributed by atoms with E-state index in [1.54, 1.807) is 0 Å². The largest absolute Gasteiger partial charge is 0.505 e. The minimum absolute atomic E-state index is 0.366. The molecule has 2 aromatic carbocycles. The Kier molecular flexibility index (Phi) is 5.75. The van der Waals surface area contributed by atoms with Crippen molar-refractivity contribution < 1.29 is 5.11 Å². The summed E-state index contributed by atoms with van der Waals surface area (Å²) in [4.78, 5) is 5.10. The number of nitrogens with zero attached hydrogens (tertiary/aromatic N) is 1. The number of halogens is 1. The quantitative estimate of drug-likeness (QED) is 0.449. The Labute approximate surface area is 190 Å². The van der Waals surface area contributed by atoms with Gasteiger partial charge in [-0.1, -0.05) is 55.3 Å². The van der Waals surface area contributed by atoms with Gasteiger partial charge >= 0.3 is 0 Å². The van der Waals surface area contributed by atoms with E-state index >= 15 is 0 Å². The molecular formula is C28H30ClNO. The lowest BCUT2D eigenvalue weighted by molar-refractivity contribution is 0.397. The molecule has 1 heterocycles. The van der Waals surface area contributed by atoms with Crippen molar-refractivity contribution >= 4 is 28.1 Å². The van der Waals surface area contributed by atoms with Gasteiger partial charge in [0.25, 0.3) is 0 Å². The zero-order valence-electron chi connectivity index (χ0n) is 18.3. The van der Waals surface area contributed by atoms with E-state index in [4.69, 9.17) is 16.6 Å². The van der Waals surface area contributed by atoms with Gasteiger partial charge in [-0.05, 0) is 85.3 Å². The highest BCUT2D eigenvalue weighted by Gasteiger charge is 2.28. The van der Waals surface area contributed by atoms with Crippen molar-refractivity contribution in [1.29, 1.82) is 0 Å². The molecule has 2 aliphatic rings. The van der Waals surface area contributed by atoms with E-state index in [1.807, 2.05) is 24.3 Å². The molecule has 3 aromatic rings. The Morgan fingerprint density at radius 1 is 1.06 bits per heavy atom. The van der Waals surface area contributed by atoms with Crippen LogP contribution < -0.4 is 0 Å². The summed E-state index contributed by atoms with van der Waals surface area (Å²) in [6.07, 6.45) is 12.3. The van der Waals surface area contributed by atoms with Crippen LogP contribution in [0.3, 0.4) is 0 Å². The normalized spacial score (nSPS) is 16.9. The van der Waals surface area contributed by atoms with Gasteiger partial charge in [-0.15, -0.1) is 0 Å². The predicted molar refractivity (Wildman–Crippen MR) is 130 cm³/mol. The zero-order chi connectivity index (χ0) is 21.4. The summed E-state index contributed by atoms with van der Waals surface area (Å²) in [6.45, 7) is 2.19. The molecule has 0 amide bonds. The van der Waals surface area contributed by atoms with Crippen LogP contribution in [0.4, 0.5) is 0 Å². The number of pyridine rings is 1. The first-order valence-electron chi connectivity index (χ1n) is 11.8. The van der Waals surface area contributed by atoms with Crippen molar-refractivity contribution in [3.63, 3.8) is 0 Å². The van der Waals surface area contributed by atoms with Gasteiger partial charge in [0.1, 0.15) is 5.75 Å². The standard InChI is InChI=1S/C28H30ClNO/c1-2-6-22(19-8-5-9-19)26-24-16-13-20-7-3-4-10-23(20)27(24)30-25(28(26)31)17-18-11-14-21(29)15-12-18/h6,11-16,19,31H,2-5,7-10,17H2,1H3/b22-6+. The average Bonchev–Trinajstić information content (AvgIpc) is 2.74. The Morgan fingerprint density at radius 3 is 2.55 bits per heavy atom. The summed E-state index contributed by atoms with van der Waals surface area (Å²) < 4.78 is 0. The van der Waals surface area contributed by atoms with Crippen LogP contribution in [0.2, 0.25) is 5.02 Å². The molecule has 0 bridgehead atoms. The summed E-state index contributed by atoms with van der Waals surface area (Å²) in [5.74, 6) is 0.917. The average molecular weight is 432 g/mol. The highest BCUT2D eigenvalue weighted by atomic mass is 35.5. The molecule has 1 N–H and O–H groups in total. The van der Waals surface area contributed by atoms with Gasteiger partial charge in [0, 0.05) is 22.4 Å². The molecule has 0 saturated heterocycles. The number of rotatable bonds is 5. The van der Waals surface area contributed by atoms with Crippen LogP contribution in [0, 0.1) is 5.92 Å². The molecule has 5 rings (SSSR count). The molecule has 160 valence electrons. The molecular weight excluding hydrogens is 402 g/mol. The van der Waals surface area contributed by atoms with Crippen molar-refractivity contribution in [2.45, 2.75) is 64.7 Å². The zero-order valence-corrected chi connectivity index (χ0v) is 19.0. The van der Waals surface area contributed by atoms with Gasteiger partial charge in [-0.25, -0.2) is 4.98 Å². The monoisotopic (exact) mass is 431 g/mol. The second-order valence-corrected chi connectivity index (χ2v) is 9.52. The lowest BCUT2D eigenvalue weighted by Gasteiger charge is -2.30. The van der Waals surface area contributed by atoms with Crippen LogP contribution in [-0.4, -0.2) is 10.1 Å². The lowest BCUT2D eigenvalue weighted by atomic mass is 9.75. The topological polar surface area (TPSA) is 33.1 Å². The molecule has 0 radical (unpaired) electrons. The number of aryl methyl sites for hydroxylation is 2. The Bertz CT molecular complexity index is 1140. The van der Waals surface area contributed by atoms with E-state index in [0.29, 0.717) is 18.1 Å². The highest BCUT2D eigenvalue weighted by Crippen LogP contribution is 2.46. The minimum Gasteiger partial charge on any atom is -0.505 e. The van der Waals surface area contributed by atoms with Gasteiger partial charge in [-0.2, -0.15) is 0 Å². The van der Waals surface area contributed by atoms with Crippen LogP contribution in [0.5, 0.6) is 5.75 Å². The lowest BCUT2D eigenvalue weighted by Crippen LogP contribution is -2.15. The maximum absolute atomic E-state index is 11.5. The number of benzene rings is 2. The predicted octanol–water partition coefficient (Wildman–Crippen LogP) is 7.66. The van der Waals surface area contributed by atoms with E-state index in [2.05, 4.69) is 25.1 Å². The fraction of sp³-hybridized carbons (Fsp3) is 0.393. The minimum atomic E-state index is 0.366. The molecule has 1 fully saturated rings. The van der Waals surface area contributed by atoms with Crippen molar-refractivity contribution in [2.75, 3.05) is 0 Å². The van der Waals surface area contributed by atoms with E-state index in [-0.39, 0.29) is 0 Å². The molecule has 3 heteroatoms. The molecule has 31 heavy (non-hydrogen) atoms. The van der Waals surface area contributed by atoms with Crippen molar-refractivity contribution in [3.05, 3.63) is 75.4 Å². The van der Waals surface area contributed by atoms with E-state index in [0.717, 1.165) is 52.0 Å².